The van der Waals surface area contributed by atoms with E-state index in [1.54, 1.807) is 6.20 Å². The molecule has 6 heteroatoms. The highest BCUT2D eigenvalue weighted by atomic mass is 35.5. The van der Waals surface area contributed by atoms with Gasteiger partial charge in [0.25, 0.3) is 0 Å². The largest absolute Gasteiger partial charge is 0.391 e. The minimum Gasteiger partial charge on any atom is -0.391 e. The first-order chi connectivity index (χ1) is 10.1. The first kappa shape index (κ1) is 14.5. The smallest absolute Gasteiger partial charge is 0.0951 e. The van der Waals surface area contributed by atoms with E-state index in [1.807, 2.05) is 25.1 Å². The van der Waals surface area contributed by atoms with E-state index < -0.39 is 0 Å². The van der Waals surface area contributed by atoms with E-state index >= 15 is 0 Å². The van der Waals surface area contributed by atoms with Gasteiger partial charge in [-0.2, -0.15) is 5.10 Å². The summed E-state index contributed by atoms with van der Waals surface area (Å²) in [5, 5.41) is 18.0. The van der Waals surface area contributed by atoms with Crippen LogP contribution in [0, 0.1) is 12.8 Å². The summed E-state index contributed by atoms with van der Waals surface area (Å²) >= 11 is 6.20. The molecule has 1 aliphatic rings. The molecule has 1 aliphatic heterocycles. The summed E-state index contributed by atoms with van der Waals surface area (Å²) in [6, 6.07) is 5.89. The highest BCUT2D eigenvalue weighted by Crippen LogP contribution is 2.25. The number of aliphatic hydroxyl groups excluding tert-OH is 1. The average Bonchev–Trinajstić information content (AvgIpc) is 2.98. The lowest BCUT2D eigenvalue weighted by Gasteiger charge is -2.14. The Balaban J connectivity index is 1.62. The predicted molar refractivity (Wildman–Crippen MR) is 81.0 cm³/mol. The number of H-pyrrole nitrogens is 1. The van der Waals surface area contributed by atoms with Crippen molar-refractivity contribution in [2.24, 2.45) is 5.92 Å². The van der Waals surface area contributed by atoms with Gasteiger partial charge < -0.3 is 5.11 Å². The SMILES string of the molecule is Cc1[nH]nc(CN2C[C@@H](Cc3ccccn3)[C@H](O)C2)c1Cl. The molecule has 5 nitrogen and oxygen atoms in total. The lowest BCUT2D eigenvalue weighted by atomic mass is 10.00. The maximum absolute atomic E-state index is 10.2. The molecular formula is C15H19ClN4O. The number of pyridine rings is 1. The van der Waals surface area contributed by atoms with E-state index in [-0.39, 0.29) is 12.0 Å². The van der Waals surface area contributed by atoms with Gasteiger partial charge in [-0.25, -0.2) is 0 Å². The number of likely N-dealkylation sites (tertiary alicyclic amines) is 1. The van der Waals surface area contributed by atoms with Crippen molar-refractivity contribution >= 4 is 11.6 Å². The molecule has 0 unspecified atom stereocenters. The van der Waals surface area contributed by atoms with Crippen LogP contribution in [0.4, 0.5) is 0 Å². The second-order valence-corrected chi connectivity index (χ2v) is 6.03. The van der Waals surface area contributed by atoms with Gasteiger partial charge in [0.2, 0.25) is 0 Å². The first-order valence-corrected chi connectivity index (χ1v) is 7.51. The Morgan fingerprint density at radius 2 is 2.29 bits per heavy atom. The number of aliphatic hydroxyl groups is 1. The molecule has 0 aliphatic carbocycles. The molecule has 2 aromatic rings. The number of aromatic nitrogens is 3. The number of hydrogen-bond acceptors (Lipinski definition) is 4. The van der Waals surface area contributed by atoms with E-state index in [0.29, 0.717) is 18.1 Å². The van der Waals surface area contributed by atoms with Crippen molar-refractivity contribution in [1.29, 1.82) is 0 Å². The third kappa shape index (κ3) is 3.26. The molecule has 0 bridgehead atoms. The van der Waals surface area contributed by atoms with Gasteiger partial charge in [0.1, 0.15) is 0 Å². The number of hydrogen-bond donors (Lipinski definition) is 2. The molecule has 3 rings (SSSR count). The number of rotatable bonds is 4. The molecule has 3 heterocycles. The summed E-state index contributed by atoms with van der Waals surface area (Å²) in [5.74, 6) is 0.207. The van der Waals surface area contributed by atoms with Crippen molar-refractivity contribution < 1.29 is 5.11 Å². The average molecular weight is 307 g/mol. The zero-order valence-electron chi connectivity index (χ0n) is 12.0. The lowest BCUT2D eigenvalue weighted by molar-refractivity contribution is 0.140. The third-order valence-electron chi connectivity index (χ3n) is 3.99. The quantitative estimate of drug-likeness (QED) is 0.904. The summed E-state index contributed by atoms with van der Waals surface area (Å²) in [5.41, 5.74) is 2.76. The molecule has 1 fully saturated rings. The molecule has 2 atom stereocenters. The van der Waals surface area contributed by atoms with Gasteiger partial charge in [-0.3, -0.25) is 15.0 Å². The fraction of sp³-hybridized carbons (Fsp3) is 0.467. The van der Waals surface area contributed by atoms with Crippen LogP contribution in [0.15, 0.2) is 24.4 Å². The second kappa shape index (κ2) is 6.13. The van der Waals surface area contributed by atoms with Gasteiger partial charge in [0.15, 0.2) is 0 Å². The summed E-state index contributed by atoms with van der Waals surface area (Å²) in [6.45, 7) is 4.06. The number of nitrogens with one attached hydrogen (secondary N) is 1. The van der Waals surface area contributed by atoms with Crippen LogP contribution >= 0.6 is 11.6 Å². The van der Waals surface area contributed by atoms with Gasteiger partial charge in [0, 0.05) is 37.4 Å². The Bertz CT molecular complexity index is 601. The summed E-state index contributed by atoms with van der Waals surface area (Å²) < 4.78 is 0. The van der Waals surface area contributed by atoms with Crippen molar-refractivity contribution in [1.82, 2.24) is 20.1 Å². The Hall–Kier alpha value is -1.43. The molecule has 21 heavy (non-hydrogen) atoms. The first-order valence-electron chi connectivity index (χ1n) is 7.13. The van der Waals surface area contributed by atoms with Crippen molar-refractivity contribution in [3.05, 3.63) is 46.5 Å². The van der Waals surface area contributed by atoms with Crippen LogP contribution in [-0.2, 0) is 13.0 Å². The molecule has 0 saturated carbocycles. The van der Waals surface area contributed by atoms with Crippen LogP contribution in [0.5, 0.6) is 0 Å². The predicted octanol–water partition coefficient (Wildman–Crippen LogP) is 1.80. The van der Waals surface area contributed by atoms with Crippen LogP contribution in [0.2, 0.25) is 5.02 Å². The fourth-order valence-electron chi connectivity index (χ4n) is 2.84. The van der Waals surface area contributed by atoms with Gasteiger partial charge in [-0.15, -0.1) is 0 Å². The number of aromatic amines is 1. The molecule has 2 N–H and O–H groups in total. The Labute approximate surface area is 129 Å². The highest BCUT2D eigenvalue weighted by molar-refractivity contribution is 6.31. The van der Waals surface area contributed by atoms with Crippen LogP contribution in [0.1, 0.15) is 17.1 Å². The monoisotopic (exact) mass is 306 g/mol. The third-order valence-corrected chi connectivity index (χ3v) is 4.50. The molecule has 0 amide bonds. The van der Waals surface area contributed by atoms with E-state index in [1.165, 1.54) is 0 Å². The topological polar surface area (TPSA) is 65.0 Å². The molecule has 0 spiro atoms. The molecule has 0 radical (unpaired) electrons. The van der Waals surface area contributed by atoms with Crippen molar-refractivity contribution in [3.63, 3.8) is 0 Å². The Morgan fingerprint density at radius 1 is 1.43 bits per heavy atom. The van der Waals surface area contributed by atoms with E-state index in [2.05, 4.69) is 20.1 Å². The molecular weight excluding hydrogens is 288 g/mol. The van der Waals surface area contributed by atoms with Crippen molar-refractivity contribution in [2.45, 2.75) is 26.0 Å². The van der Waals surface area contributed by atoms with Crippen LogP contribution < -0.4 is 0 Å². The van der Waals surface area contributed by atoms with Gasteiger partial charge in [-0.05, 0) is 25.5 Å². The molecule has 2 aromatic heterocycles. The van der Waals surface area contributed by atoms with Gasteiger partial charge in [0.05, 0.1) is 22.5 Å². The van der Waals surface area contributed by atoms with Crippen LogP contribution in [-0.4, -0.2) is 44.4 Å². The highest BCUT2D eigenvalue weighted by Gasteiger charge is 2.32. The maximum atomic E-state index is 10.2. The zero-order valence-corrected chi connectivity index (χ0v) is 12.7. The van der Waals surface area contributed by atoms with Crippen molar-refractivity contribution in [2.75, 3.05) is 13.1 Å². The lowest BCUT2D eigenvalue weighted by Crippen LogP contribution is -2.21. The zero-order chi connectivity index (χ0) is 14.8. The van der Waals surface area contributed by atoms with Crippen molar-refractivity contribution in [3.8, 4) is 0 Å². The Kier molecular flexibility index (Phi) is 4.24. The minimum atomic E-state index is -0.328. The van der Waals surface area contributed by atoms with Gasteiger partial charge in [-0.1, -0.05) is 17.7 Å². The number of aryl methyl sites for hydroxylation is 1. The fourth-order valence-corrected chi connectivity index (χ4v) is 2.99. The van der Waals surface area contributed by atoms with E-state index in [9.17, 15) is 5.11 Å². The molecule has 0 aromatic carbocycles. The number of nitrogens with zero attached hydrogens (tertiary/aromatic N) is 3. The molecule has 1 saturated heterocycles. The minimum absolute atomic E-state index is 0.207. The van der Waals surface area contributed by atoms with E-state index in [4.69, 9.17) is 11.6 Å². The number of halogens is 1. The number of β-amino-alcohol motifs (C(OH)–C–C–N with tert-alkyl or cyclic N) is 1. The normalized spacial score (nSPS) is 22.8. The standard InChI is InChI=1S/C15H19ClN4O/c1-10-15(16)13(19-18-10)8-20-7-11(14(21)9-20)6-12-4-2-3-5-17-12/h2-5,11,14,21H,6-9H2,1H3,(H,18,19)/t11-,14-/m1/s1. The van der Waals surface area contributed by atoms with E-state index in [0.717, 1.165) is 30.0 Å². The maximum Gasteiger partial charge on any atom is 0.0951 e. The summed E-state index contributed by atoms with van der Waals surface area (Å²) in [4.78, 5) is 6.53. The van der Waals surface area contributed by atoms with Gasteiger partial charge >= 0.3 is 0 Å². The Morgan fingerprint density at radius 3 is 2.95 bits per heavy atom. The van der Waals surface area contributed by atoms with Crippen LogP contribution in [0.25, 0.3) is 0 Å². The summed E-state index contributed by atoms with van der Waals surface area (Å²) in [6.07, 6.45) is 2.26. The van der Waals surface area contributed by atoms with Crippen LogP contribution in [0.3, 0.4) is 0 Å². The molecule has 112 valence electrons. The summed E-state index contributed by atoms with van der Waals surface area (Å²) in [7, 11) is 0. The second-order valence-electron chi connectivity index (χ2n) is 5.66.